The summed E-state index contributed by atoms with van der Waals surface area (Å²) in [6, 6.07) is 0. The summed E-state index contributed by atoms with van der Waals surface area (Å²) < 4.78 is 35.5. The third kappa shape index (κ3) is 3.70. The average Bonchev–Trinajstić information content (AvgIpc) is 2.07. The van der Waals surface area contributed by atoms with Crippen molar-refractivity contribution in [2.75, 3.05) is 6.54 Å². The largest absolute Gasteiger partial charge is 0.389 e. The molecule has 0 aromatic heterocycles. The van der Waals surface area contributed by atoms with Gasteiger partial charge in [0.15, 0.2) is 0 Å². The predicted molar refractivity (Wildman–Crippen MR) is 49.1 cm³/mol. The van der Waals surface area contributed by atoms with Gasteiger partial charge in [-0.05, 0) is 19.3 Å². The van der Waals surface area contributed by atoms with Crippen molar-refractivity contribution in [2.45, 2.75) is 43.8 Å². The van der Waals surface area contributed by atoms with Gasteiger partial charge in [-0.3, -0.25) is 4.79 Å². The Bertz CT molecular complexity index is 230. The molecule has 1 amide bonds. The number of alkyl halides is 3. The van der Waals surface area contributed by atoms with Crippen molar-refractivity contribution in [3.8, 4) is 0 Å². The maximum atomic E-state index is 11.8. The van der Waals surface area contributed by atoms with Gasteiger partial charge in [-0.25, -0.2) is 0 Å². The third-order valence-electron chi connectivity index (χ3n) is 2.74. The second-order valence-corrected chi connectivity index (χ2v) is 4.00. The first-order valence-corrected chi connectivity index (χ1v) is 4.95. The second-order valence-electron chi connectivity index (χ2n) is 4.00. The zero-order valence-electron chi connectivity index (χ0n) is 8.36. The number of nitrogens with one attached hydrogen (secondary N) is 1. The molecule has 0 spiro atoms. The summed E-state index contributed by atoms with van der Waals surface area (Å²) >= 11 is 0. The van der Waals surface area contributed by atoms with E-state index in [0.717, 1.165) is 19.3 Å². The molecule has 0 bridgehead atoms. The molecule has 0 aromatic carbocycles. The predicted octanol–water partition coefficient (Wildman–Crippen LogP) is 1.33. The minimum atomic E-state index is -4.27. The molecule has 88 valence electrons. The summed E-state index contributed by atoms with van der Waals surface area (Å²) in [7, 11) is 0. The van der Waals surface area contributed by atoms with Crippen LogP contribution in [0.25, 0.3) is 0 Å². The van der Waals surface area contributed by atoms with Crippen molar-refractivity contribution in [2.24, 2.45) is 5.73 Å². The molecule has 6 heteroatoms. The number of carbonyl (C=O) groups excluding carboxylic acids is 1. The number of amides is 1. The van der Waals surface area contributed by atoms with Crippen LogP contribution in [0.1, 0.15) is 32.1 Å². The molecule has 0 radical (unpaired) electrons. The monoisotopic (exact) mass is 224 g/mol. The van der Waals surface area contributed by atoms with Crippen LogP contribution in [-0.4, -0.2) is 24.2 Å². The smallest absolute Gasteiger partial charge is 0.349 e. The summed E-state index contributed by atoms with van der Waals surface area (Å²) in [5.41, 5.74) is 5.03. The molecular weight excluding hydrogens is 209 g/mol. The number of halogens is 3. The summed E-state index contributed by atoms with van der Waals surface area (Å²) in [6.45, 7) is 0.296. The van der Waals surface area contributed by atoms with E-state index in [9.17, 15) is 18.0 Å². The molecule has 0 unspecified atom stereocenters. The van der Waals surface area contributed by atoms with E-state index in [0.29, 0.717) is 6.54 Å². The highest BCUT2D eigenvalue weighted by Gasteiger charge is 2.37. The summed E-state index contributed by atoms with van der Waals surface area (Å²) in [6.07, 6.45) is -3.35. The van der Waals surface area contributed by atoms with Crippen molar-refractivity contribution in [3.05, 3.63) is 0 Å². The highest BCUT2D eigenvalue weighted by atomic mass is 19.4. The van der Waals surface area contributed by atoms with Gasteiger partial charge in [-0.1, -0.05) is 0 Å². The first-order chi connectivity index (χ1) is 6.87. The molecule has 1 rings (SSSR count). The van der Waals surface area contributed by atoms with Gasteiger partial charge in [-0.2, -0.15) is 13.2 Å². The van der Waals surface area contributed by atoms with E-state index in [-0.39, 0.29) is 0 Å². The minimum absolute atomic E-state index is 0.296. The van der Waals surface area contributed by atoms with Gasteiger partial charge in [0.25, 0.3) is 0 Å². The lowest BCUT2D eigenvalue weighted by molar-refractivity contribution is -0.145. The lowest BCUT2D eigenvalue weighted by Crippen LogP contribution is -2.58. The van der Waals surface area contributed by atoms with E-state index in [4.69, 9.17) is 5.73 Å². The Labute approximate surface area is 86.2 Å². The molecule has 0 atom stereocenters. The van der Waals surface area contributed by atoms with Gasteiger partial charge in [0.1, 0.15) is 0 Å². The van der Waals surface area contributed by atoms with Crippen LogP contribution < -0.4 is 11.1 Å². The molecular formula is C9H15F3N2O. The normalized spacial score (nSPS) is 19.5. The minimum Gasteiger partial charge on any atom is -0.349 e. The first kappa shape index (κ1) is 12.3. The van der Waals surface area contributed by atoms with Crippen LogP contribution in [0.5, 0.6) is 0 Å². The summed E-state index contributed by atoms with van der Waals surface area (Å²) in [5.74, 6) is -0.558. The van der Waals surface area contributed by atoms with E-state index in [2.05, 4.69) is 5.32 Å². The lowest BCUT2D eigenvalue weighted by Gasteiger charge is -2.41. The maximum Gasteiger partial charge on any atom is 0.389 e. The van der Waals surface area contributed by atoms with Crippen molar-refractivity contribution in [3.63, 3.8) is 0 Å². The Morgan fingerprint density at radius 1 is 1.40 bits per heavy atom. The number of hydrogen-bond donors (Lipinski definition) is 2. The molecule has 0 heterocycles. The number of nitrogens with two attached hydrogens (primary N) is 1. The highest BCUT2D eigenvalue weighted by Crippen LogP contribution is 2.31. The third-order valence-corrected chi connectivity index (χ3v) is 2.74. The molecule has 0 saturated heterocycles. The van der Waals surface area contributed by atoms with Crippen molar-refractivity contribution in [1.29, 1.82) is 0 Å². The van der Waals surface area contributed by atoms with Gasteiger partial charge in [0.2, 0.25) is 5.91 Å². The first-order valence-electron chi connectivity index (χ1n) is 4.95. The molecule has 1 aliphatic rings. The maximum absolute atomic E-state index is 11.8. The van der Waals surface area contributed by atoms with Gasteiger partial charge < -0.3 is 11.1 Å². The Balaban J connectivity index is 2.29. The zero-order valence-corrected chi connectivity index (χ0v) is 8.36. The quantitative estimate of drug-likeness (QED) is 0.756. The SMILES string of the molecule is NCC1(NC(=O)CCC(F)(F)F)CCC1. The molecule has 3 nitrogen and oxygen atoms in total. The Morgan fingerprint density at radius 2 is 2.00 bits per heavy atom. The zero-order chi connectivity index (χ0) is 11.5. The van der Waals surface area contributed by atoms with Gasteiger partial charge >= 0.3 is 6.18 Å². The summed E-state index contributed by atoms with van der Waals surface area (Å²) in [5, 5.41) is 2.59. The Morgan fingerprint density at radius 3 is 2.33 bits per heavy atom. The highest BCUT2D eigenvalue weighted by molar-refractivity contribution is 5.77. The number of hydrogen-bond acceptors (Lipinski definition) is 2. The fourth-order valence-electron chi connectivity index (χ4n) is 1.60. The average molecular weight is 224 g/mol. The lowest BCUT2D eigenvalue weighted by atomic mass is 9.76. The van der Waals surface area contributed by atoms with E-state index in [1.54, 1.807) is 0 Å². The number of rotatable bonds is 4. The fraction of sp³-hybridized carbons (Fsp3) is 0.889. The molecule has 1 aliphatic carbocycles. The van der Waals surface area contributed by atoms with E-state index >= 15 is 0 Å². The van der Waals surface area contributed by atoms with Crippen LogP contribution in [0.2, 0.25) is 0 Å². The number of carbonyl (C=O) groups is 1. The van der Waals surface area contributed by atoms with Gasteiger partial charge in [-0.15, -0.1) is 0 Å². The molecule has 0 aromatic rings. The molecule has 0 aliphatic heterocycles. The van der Waals surface area contributed by atoms with Crippen molar-refractivity contribution in [1.82, 2.24) is 5.32 Å². The molecule has 1 saturated carbocycles. The van der Waals surface area contributed by atoms with Crippen molar-refractivity contribution < 1.29 is 18.0 Å². The van der Waals surface area contributed by atoms with Gasteiger partial charge in [0.05, 0.1) is 12.0 Å². The van der Waals surface area contributed by atoms with E-state index in [1.807, 2.05) is 0 Å². The molecule has 15 heavy (non-hydrogen) atoms. The Kier molecular flexibility index (Phi) is 3.59. The van der Waals surface area contributed by atoms with Gasteiger partial charge in [0, 0.05) is 13.0 Å². The van der Waals surface area contributed by atoms with Crippen LogP contribution in [0.4, 0.5) is 13.2 Å². The van der Waals surface area contributed by atoms with Crippen LogP contribution in [-0.2, 0) is 4.79 Å². The van der Waals surface area contributed by atoms with E-state index in [1.165, 1.54) is 0 Å². The van der Waals surface area contributed by atoms with Crippen LogP contribution in [0.3, 0.4) is 0 Å². The second kappa shape index (κ2) is 4.38. The molecule has 3 N–H and O–H groups in total. The van der Waals surface area contributed by atoms with Crippen LogP contribution >= 0.6 is 0 Å². The molecule has 1 fully saturated rings. The Hall–Kier alpha value is -0.780. The topological polar surface area (TPSA) is 55.1 Å². The van der Waals surface area contributed by atoms with Crippen LogP contribution in [0, 0.1) is 0 Å². The standard InChI is InChI=1S/C9H15F3N2O/c10-9(11,12)5-2-7(15)14-8(6-13)3-1-4-8/h1-6,13H2,(H,14,15). The summed E-state index contributed by atoms with van der Waals surface area (Å²) in [4.78, 5) is 11.2. The van der Waals surface area contributed by atoms with E-state index < -0.39 is 30.5 Å². The van der Waals surface area contributed by atoms with Crippen molar-refractivity contribution >= 4 is 5.91 Å². The van der Waals surface area contributed by atoms with Crippen LogP contribution in [0.15, 0.2) is 0 Å². The fourth-order valence-corrected chi connectivity index (χ4v) is 1.60.